The van der Waals surface area contributed by atoms with Crippen molar-refractivity contribution in [3.05, 3.63) is 65.3 Å². The van der Waals surface area contributed by atoms with Crippen LogP contribution in [-0.2, 0) is 9.53 Å². The second-order valence-electron chi connectivity index (χ2n) is 5.11. The minimum absolute atomic E-state index is 0.0325. The van der Waals surface area contributed by atoms with E-state index in [1.807, 2.05) is 36.4 Å². The van der Waals surface area contributed by atoms with Gasteiger partial charge in [0, 0.05) is 22.1 Å². The van der Waals surface area contributed by atoms with Crippen molar-refractivity contribution in [2.45, 2.75) is 6.92 Å². The summed E-state index contributed by atoms with van der Waals surface area (Å²) < 4.78 is 5.10. The number of rotatable bonds is 3. The molecule has 1 aliphatic rings. The zero-order valence-electron chi connectivity index (χ0n) is 11.7. The van der Waals surface area contributed by atoms with E-state index in [2.05, 4.69) is 6.58 Å². The molecule has 0 amide bonds. The number of ketones is 1. The molecule has 0 aromatic heterocycles. The Labute approximate surface area is 122 Å². The molecule has 0 aliphatic heterocycles. The van der Waals surface area contributed by atoms with Gasteiger partial charge in [0.2, 0.25) is 0 Å². The van der Waals surface area contributed by atoms with E-state index in [9.17, 15) is 9.59 Å². The van der Waals surface area contributed by atoms with Crippen molar-refractivity contribution in [3.63, 3.8) is 0 Å². The number of hydrogen-bond acceptors (Lipinski definition) is 3. The molecule has 3 rings (SSSR count). The quantitative estimate of drug-likeness (QED) is 0.637. The molecule has 2 aromatic carbocycles. The lowest BCUT2D eigenvalue weighted by atomic mass is 9.88. The first-order valence-corrected chi connectivity index (χ1v) is 6.67. The summed E-state index contributed by atoms with van der Waals surface area (Å²) in [5.74, 6) is -0.574. The standard InChI is InChI=1S/C18H14O3/c1-11(2)18(20)21-10-14-9-13-7-3-5-12-6-4-8-15(16(12)13)17(14)19/h3-9H,1,10H2,2H3. The predicted octanol–water partition coefficient (Wildman–Crippen LogP) is 3.54. The van der Waals surface area contributed by atoms with Crippen molar-refractivity contribution in [3.8, 4) is 0 Å². The molecular weight excluding hydrogens is 264 g/mol. The molecule has 0 heterocycles. The average molecular weight is 278 g/mol. The third kappa shape index (κ3) is 2.27. The number of Topliss-reactive ketones (excluding diaryl/α,β-unsaturated/α-hetero) is 1. The minimum Gasteiger partial charge on any atom is -0.457 e. The van der Waals surface area contributed by atoms with E-state index < -0.39 is 5.97 Å². The Kier molecular flexibility index (Phi) is 3.18. The van der Waals surface area contributed by atoms with E-state index in [0.29, 0.717) is 16.7 Å². The van der Waals surface area contributed by atoms with E-state index in [4.69, 9.17) is 4.74 Å². The lowest BCUT2D eigenvalue weighted by molar-refractivity contribution is -0.137. The number of benzene rings is 2. The Hall–Kier alpha value is -2.68. The maximum atomic E-state index is 12.5. The molecule has 1 aliphatic carbocycles. The van der Waals surface area contributed by atoms with Crippen LogP contribution in [0, 0.1) is 0 Å². The molecule has 0 spiro atoms. The van der Waals surface area contributed by atoms with Gasteiger partial charge < -0.3 is 4.74 Å². The summed E-state index contributed by atoms with van der Waals surface area (Å²) in [4.78, 5) is 24.0. The molecule has 104 valence electrons. The van der Waals surface area contributed by atoms with E-state index in [1.165, 1.54) is 0 Å². The molecule has 0 fully saturated rings. The molecular formula is C18H14O3. The van der Waals surface area contributed by atoms with Gasteiger partial charge in [0.15, 0.2) is 5.78 Å². The van der Waals surface area contributed by atoms with Gasteiger partial charge in [-0.25, -0.2) is 4.79 Å². The second-order valence-corrected chi connectivity index (χ2v) is 5.11. The Morgan fingerprint density at radius 1 is 1.19 bits per heavy atom. The number of carbonyl (C=O) groups is 2. The Morgan fingerprint density at radius 3 is 2.62 bits per heavy atom. The highest BCUT2D eigenvalue weighted by atomic mass is 16.5. The molecule has 3 heteroatoms. The molecule has 2 aromatic rings. The van der Waals surface area contributed by atoms with Crippen LogP contribution in [0.1, 0.15) is 22.8 Å². The van der Waals surface area contributed by atoms with Gasteiger partial charge in [0.05, 0.1) is 0 Å². The number of hydrogen-bond donors (Lipinski definition) is 0. The lowest BCUT2D eigenvalue weighted by Crippen LogP contribution is -2.16. The molecule has 0 radical (unpaired) electrons. The third-order valence-electron chi connectivity index (χ3n) is 3.51. The van der Waals surface area contributed by atoms with Crippen LogP contribution in [0.4, 0.5) is 0 Å². The molecule has 0 unspecified atom stereocenters. The van der Waals surface area contributed by atoms with Crippen LogP contribution in [0.15, 0.2) is 54.1 Å². The summed E-state index contributed by atoms with van der Waals surface area (Å²) in [6.07, 6.45) is 1.80. The van der Waals surface area contributed by atoms with Crippen LogP contribution >= 0.6 is 0 Å². The van der Waals surface area contributed by atoms with Gasteiger partial charge in [-0.15, -0.1) is 0 Å². The lowest BCUT2D eigenvalue weighted by Gasteiger charge is -2.17. The Morgan fingerprint density at radius 2 is 1.90 bits per heavy atom. The fourth-order valence-electron chi connectivity index (χ4n) is 2.48. The van der Waals surface area contributed by atoms with Crippen molar-refractivity contribution in [2.24, 2.45) is 0 Å². The summed E-state index contributed by atoms with van der Waals surface area (Å²) in [6.45, 7) is 5.07. The van der Waals surface area contributed by atoms with Gasteiger partial charge in [-0.2, -0.15) is 0 Å². The van der Waals surface area contributed by atoms with Crippen molar-refractivity contribution in [1.82, 2.24) is 0 Å². The molecule has 0 saturated carbocycles. The van der Waals surface area contributed by atoms with Crippen molar-refractivity contribution in [2.75, 3.05) is 6.61 Å². The van der Waals surface area contributed by atoms with Crippen molar-refractivity contribution < 1.29 is 14.3 Å². The largest absolute Gasteiger partial charge is 0.457 e. The summed E-state index contributed by atoms with van der Waals surface area (Å²) in [5.41, 5.74) is 2.44. The van der Waals surface area contributed by atoms with Crippen LogP contribution in [-0.4, -0.2) is 18.4 Å². The van der Waals surface area contributed by atoms with Gasteiger partial charge in [0.25, 0.3) is 0 Å². The first-order valence-electron chi connectivity index (χ1n) is 6.67. The molecule has 0 atom stereocenters. The topological polar surface area (TPSA) is 43.4 Å². The van der Waals surface area contributed by atoms with Gasteiger partial charge in [0.1, 0.15) is 6.61 Å². The van der Waals surface area contributed by atoms with Gasteiger partial charge in [-0.1, -0.05) is 43.0 Å². The number of ether oxygens (including phenoxy) is 1. The minimum atomic E-state index is -0.485. The molecule has 0 bridgehead atoms. The maximum Gasteiger partial charge on any atom is 0.333 e. The SMILES string of the molecule is C=C(C)C(=O)OCC1=Cc2cccc3cccc(c23)C1=O. The smallest absolute Gasteiger partial charge is 0.333 e. The Bertz CT molecular complexity index is 807. The maximum absolute atomic E-state index is 12.5. The fraction of sp³-hybridized carbons (Fsp3) is 0.111. The summed E-state index contributed by atoms with van der Waals surface area (Å²) in [5, 5.41) is 1.99. The molecule has 3 nitrogen and oxygen atoms in total. The van der Waals surface area contributed by atoms with Crippen molar-refractivity contribution in [1.29, 1.82) is 0 Å². The predicted molar refractivity (Wildman–Crippen MR) is 82.0 cm³/mol. The van der Waals surface area contributed by atoms with Gasteiger partial charge >= 0.3 is 5.97 Å². The first-order chi connectivity index (χ1) is 10.1. The highest BCUT2D eigenvalue weighted by Crippen LogP contribution is 2.31. The summed E-state index contributed by atoms with van der Waals surface area (Å²) in [6, 6.07) is 11.5. The highest BCUT2D eigenvalue weighted by Gasteiger charge is 2.22. The fourth-order valence-corrected chi connectivity index (χ4v) is 2.48. The van der Waals surface area contributed by atoms with Crippen LogP contribution in [0.2, 0.25) is 0 Å². The average Bonchev–Trinajstić information content (AvgIpc) is 2.49. The summed E-state index contributed by atoms with van der Waals surface area (Å²) in [7, 11) is 0. The molecule has 21 heavy (non-hydrogen) atoms. The van der Waals surface area contributed by atoms with Crippen LogP contribution in [0.3, 0.4) is 0 Å². The van der Waals surface area contributed by atoms with Gasteiger partial charge in [-0.3, -0.25) is 4.79 Å². The van der Waals surface area contributed by atoms with Crippen molar-refractivity contribution >= 4 is 28.6 Å². The Balaban J connectivity index is 2.00. The zero-order chi connectivity index (χ0) is 15.0. The first kappa shape index (κ1) is 13.3. The third-order valence-corrected chi connectivity index (χ3v) is 3.51. The van der Waals surface area contributed by atoms with Crippen LogP contribution in [0.25, 0.3) is 16.8 Å². The number of esters is 1. The molecule has 0 saturated heterocycles. The van der Waals surface area contributed by atoms with Crippen LogP contribution in [0.5, 0.6) is 0 Å². The van der Waals surface area contributed by atoms with E-state index in [1.54, 1.807) is 13.0 Å². The van der Waals surface area contributed by atoms with E-state index in [-0.39, 0.29) is 12.4 Å². The summed E-state index contributed by atoms with van der Waals surface area (Å²) >= 11 is 0. The normalized spacial score (nSPS) is 13.0. The van der Waals surface area contributed by atoms with Gasteiger partial charge in [-0.05, 0) is 23.9 Å². The highest BCUT2D eigenvalue weighted by molar-refractivity contribution is 6.23. The second kappa shape index (κ2) is 5.02. The monoisotopic (exact) mass is 278 g/mol. The molecule has 0 N–H and O–H groups in total. The zero-order valence-corrected chi connectivity index (χ0v) is 11.7. The van der Waals surface area contributed by atoms with E-state index >= 15 is 0 Å². The van der Waals surface area contributed by atoms with E-state index in [0.717, 1.165) is 16.3 Å². The van der Waals surface area contributed by atoms with Crippen LogP contribution < -0.4 is 0 Å². The number of carbonyl (C=O) groups excluding carboxylic acids is 2.